The molecule has 1 saturated heterocycles. The van der Waals surface area contributed by atoms with Crippen LogP contribution in [0.1, 0.15) is 44.4 Å². The number of amides is 2. The van der Waals surface area contributed by atoms with E-state index >= 15 is 0 Å². The maximum atomic E-state index is 12.2. The Kier molecular flexibility index (Phi) is 4.88. The molecular formula is C17H20N4O3. The molecule has 2 heterocycles. The van der Waals surface area contributed by atoms with Crippen molar-refractivity contribution >= 4 is 23.5 Å². The molecule has 0 radical (unpaired) electrons. The van der Waals surface area contributed by atoms with E-state index in [-0.39, 0.29) is 23.7 Å². The van der Waals surface area contributed by atoms with Gasteiger partial charge in [-0.3, -0.25) is 14.9 Å². The molecule has 1 atom stereocenters. The normalized spacial score (nSPS) is 17.3. The lowest BCUT2D eigenvalue weighted by Gasteiger charge is -2.15. The molecule has 1 aromatic heterocycles. The highest BCUT2D eigenvalue weighted by Gasteiger charge is 2.35. The van der Waals surface area contributed by atoms with Crippen LogP contribution in [0.3, 0.4) is 0 Å². The lowest BCUT2D eigenvalue weighted by Crippen LogP contribution is -2.24. The highest BCUT2D eigenvalue weighted by atomic mass is 16.4. The minimum Gasteiger partial charge on any atom is -0.407 e. The van der Waals surface area contributed by atoms with Crippen molar-refractivity contribution in [3.05, 3.63) is 36.2 Å². The van der Waals surface area contributed by atoms with Gasteiger partial charge in [-0.25, -0.2) is 0 Å². The average molecular weight is 328 g/mol. The minimum absolute atomic E-state index is 0.0259. The van der Waals surface area contributed by atoms with Gasteiger partial charge in [0.25, 0.3) is 0 Å². The monoisotopic (exact) mass is 328 g/mol. The molecule has 7 heteroatoms. The van der Waals surface area contributed by atoms with Crippen LogP contribution in [0, 0.1) is 0 Å². The average Bonchev–Trinajstić information content (AvgIpc) is 3.20. The maximum Gasteiger partial charge on any atom is 0.322 e. The van der Waals surface area contributed by atoms with Crippen molar-refractivity contribution in [2.45, 2.75) is 38.5 Å². The smallest absolute Gasteiger partial charge is 0.322 e. The summed E-state index contributed by atoms with van der Waals surface area (Å²) in [5.74, 6) is 0.109. The Morgan fingerprint density at radius 3 is 2.88 bits per heavy atom. The molecule has 0 saturated carbocycles. The van der Waals surface area contributed by atoms with Crippen molar-refractivity contribution in [3.8, 4) is 0 Å². The van der Waals surface area contributed by atoms with E-state index < -0.39 is 0 Å². The molecule has 0 bridgehead atoms. The second-order valence-electron chi connectivity index (χ2n) is 5.84. The summed E-state index contributed by atoms with van der Waals surface area (Å²) in [5, 5.41) is 10.4. The van der Waals surface area contributed by atoms with Crippen molar-refractivity contribution in [2.75, 3.05) is 16.8 Å². The van der Waals surface area contributed by atoms with Gasteiger partial charge < -0.3 is 9.32 Å². The molecule has 2 aromatic rings. The first kappa shape index (κ1) is 16.2. The predicted octanol–water partition coefficient (Wildman–Crippen LogP) is 2.72. The number of carbonyl (C=O) groups excluding carboxylic acids is 2. The quantitative estimate of drug-likeness (QED) is 0.881. The Bertz CT molecular complexity index is 714. The predicted molar refractivity (Wildman–Crippen MR) is 88.6 cm³/mol. The molecule has 2 amide bonds. The fourth-order valence-electron chi connectivity index (χ4n) is 2.70. The summed E-state index contributed by atoms with van der Waals surface area (Å²) in [5.41, 5.74) is 0.859. The third kappa shape index (κ3) is 3.61. The third-order valence-electron chi connectivity index (χ3n) is 3.99. The molecule has 0 spiro atoms. The summed E-state index contributed by atoms with van der Waals surface area (Å²) < 4.78 is 5.52. The van der Waals surface area contributed by atoms with Crippen LogP contribution in [0.4, 0.5) is 11.7 Å². The van der Waals surface area contributed by atoms with E-state index in [1.807, 2.05) is 37.3 Å². The van der Waals surface area contributed by atoms with Gasteiger partial charge in [0, 0.05) is 25.1 Å². The largest absolute Gasteiger partial charge is 0.407 e. The zero-order chi connectivity index (χ0) is 16.9. The van der Waals surface area contributed by atoms with Crippen molar-refractivity contribution in [2.24, 2.45) is 0 Å². The molecule has 0 aliphatic carbocycles. The lowest BCUT2D eigenvalue weighted by molar-refractivity contribution is -0.117. The van der Waals surface area contributed by atoms with Crippen LogP contribution >= 0.6 is 0 Å². The molecule has 1 aliphatic heterocycles. The molecule has 0 unspecified atom stereocenters. The van der Waals surface area contributed by atoms with Crippen molar-refractivity contribution in [3.63, 3.8) is 0 Å². The van der Waals surface area contributed by atoms with E-state index in [0.717, 1.165) is 18.5 Å². The SMILES string of the molecule is CCCCC(=O)Nc1nnc([C@@H]2CC(=O)N(c3ccccc3)C2)o1. The summed E-state index contributed by atoms with van der Waals surface area (Å²) in [6.45, 7) is 2.52. The third-order valence-corrected chi connectivity index (χ3v) is 3.99. The second kappa shape index (κ2) is 7.25. The standard InChI is InChI=1S/C17H20N4O3/c1-2-3-9-14(22)18-17-20-19-16(24-17)12-10-15(23)21(11-12)13-7-5-4-6-8-13/h4-8,12H,2-3,9-11H2,1H3,(H,18,20,22)/t12-/m1/s1. The molecule has 1 aromatic carbocycles. The maximum absolute atomic E-state index is 12.2. The van der Waals surface area contributed by atoms with Crippen molar-refractivity contribution in [1.29, 1.82) is 0 Å². The Morgan fingerprint density at radius 1 is 1.33 bits per heavy atom. The first-order valence-corrected chi connectivity index (χ1v) is 8.16. The first-order valence-electron chi connectivity index (χ1n) is 8.16. The van der Waals surface area contributed by atoms with E-state index in [1.165, 1.54) is 0 Å². The van der Waals surface area contributed by atoms with E-state index in [2.05, 4.69) is 15.5 Å². The number of hydrogen-bond acceptors (Lipinski definition) is 5. The summed E-state index contributed by atoms with van der Waals surface area (Å²) >= 11 is 0. The van der Waals surface area contributed by atoms with Crippen LogP contribution in [0.15, 0.2) is 34.7 Å². The Hall–Kier alpha value is -2.70. The zero-order valence-electron chi connectivity index (χ0n) is 13.6. The van der Waals surface area contributed by atoms with E-state index in [4.69, 9.17) is 4.42 Å². The number of aromatic nitrogens is 2. The van der Waals surface area contributed by atoms with Crippen LogP contribution in [0.2, 0.25) is 0 Å². The Labute approximate surface area is 140 Å². The van der Waals surface area contributed by atoms with Gasteiger partial charge in [0.1, 0.15) is 0 Å². The number of nitrogens with one attached hydrogen (secondary N) is 1. The van der Waals surface area contributed by atoms with Crippen LogP contribution in [0.25, 0.3) is 0 Å². The van der Waals surface area contributed by atoms with Gasteiger partial charge in [-0.1, -0.05) is 36.6 Å². The van der Waals surface area contributed by atoms with E-state index in [0.29, 0.717) is 25.3 Å². The lowest BCUT2D eigenvalue weighted by atomic mass is 10.1. The van der Waals surface area contributed by atoms with Gasteiger partial charge in [-0.15, -0.1) is 5.10 Å². The van der Waals surface area contributed by atoms with Crippen LogP contribution in [-0.2, 0) is 9.59 Å². The number of para-hydroxylation sites is 1. The van der Waals surface area contributed by atoms with Crippen molar-refractivity contribution < 1.29 is 14.0 Å². The highest BCUT2D eigenvalue weighted by molar-refractivity contribution is 5.96. The molecule has 1 N–H and O–H groups in total. The van der Waals surface area contributed by atoms with Gasteiger partial charge in [0.05, 0.1) is 5.92 Å². The number of unbranched alkanes of at least 4 members (excludes halogenated alkanes) is 1. The van der Waals surface area contributed by atoms with Gasteiger partial charge in [-0.2, -0.15) is 0 Å². The van der Waals surface area contributed by atoms with E-state index in [9.17, 15) is 9.59 Å². The minimum atomic E-state index is -0.161. The molecule has 1 aliphatic rings. The van der Waals surface area contributed by atoms with E-state index in [1.54, 1.807) is 4.90 Å². The van der Waals surface area contributed by atoms with Gasteiger partial charge >= 0.3 is 6.01 Å². The highest BCUT2D eigenvalue weighted by Crippen LogP contribution is 2.31. The zero-order valence-corrected chi connectivity index (χ0v) is 13.6. The fourth-order valence-corrected chi connectivity index (χ4v) is 2.70. The van der Waals surface area contributed by atoms with Crippen LogP contribution in [0.5, 0.6) is 0 Å². The summed E-state index contributed by atoms with van der Waals surface area (Å²) in [4.78, 5) is 25.6. The number of nitrogens with zero attached hydrogens (tertiary/aromatic N) is 3. The van der Waals surface area contributed by atoms with Gasteiger partial charge in [0.15, 0.2) is 0 Å². The molecule has 7 nitrogen and oxygen atoms in total. The number of carbonyl (C=O) groups is 2. The van der Waals surface area contributed by atoms with Crippen LogP contribution in [-0.4, -0.2) is 28.6 Å². The number of rotatable bonds is 6. The van der Waals surface area contributed by atoms with Crippen molar-refractivity contribution in [1.82, 2.24) is 10.2 Å². The molecule has 3 rings (SSSR count). The van der Waals surface area contributed by atoms with Crippen LogP contribution < -0.4 is 10.2 Å². The van der Waals surface area contributed by atoms with Gasteiger partial charge in [-0.05, 0) is 18.6 Å². The van der Waals surface area contributed by atoms with Gasteiger partial charge in [0.2, 0.25) is 17.7 Å². The second-order valence-corrected chi connectivity index (χ2v) is 5.84. The first-order chi connectivity index (χ1) is 11.7. The Morgan fingerprint density at radius 2 is 2.12 bits per heavy atom. The topological polar surface area (TPSA) is 88.3 Å². The summed E-state index contributed by atoms with van der Waals surface area (Å²) in [7, 11) is 0. The molecule has 24 heavy (non-hydrogen) atoms. The number of benzene rings is 1. The fraction of sp³-hybridized carbons (Fsp3) is 0.412. The molecule has 126 valence electrons. The number of hydrogen-bond donors (Lipinski definition) is 1. The molecular weight excluding hydrogens is 308 g/mol. The Balaban J connectivity index is 1.64. The molecule has 1 fully saturated rings. The summed E-state index contributed by atoms with van der Waals surface area (Å²) in [6.07, 6.45) is 2.51. The number of anilines is 2. The summed E-state index contributed by atoms with van der Waals surface area (Å²) in [6, 6.07) is 9.59.